The fraction of sp³-hybridized carbons (Fsp3) is 0.417. The van der Waals surface area contributed by atoms with E-state index in [1.807, 2.05) is 76.2 Å². The number of aryl methyl sites for hydroxylation is 1. The van der Waals surface area contributed by atoms with E-state index in [1.165, 1.54) is 11.8 Å². The summed E-state index contributed by atoms with van der Waals surface area (Å²) in [6.07, 6.45) is 0.565. The van der Waals surface area contributed by atoms with Gasteiger partial charge in [-0.1, -0.05) is 54.9 Å². The summed E-state index contributed by atoms with van der Waals surface area (Å²) in [4.78, 5) is 27.7. The molecule has 0 bridgehead atoms. The van der Waals surface area contributed by atoms with Crippen molar-refractivity contribution in [2.24, 2.45) is 0 Å². The van der Waals surface area contributed by atoms with Crippen LogP contribution in [0.25, 0.3) is 0 Å². The van der Waals surface area contributed by atoms with Crippen LogP contribution in [0.2, 0.25) is 5.02 Å². The molecule has 1 atom stereocenters. The molecule has 0 aliphatic rings. The van der Waals surface area contributed by atoms with E-state index in [0.29, 0.717) is 29.5 Å². The largest absolute Gasteiger partial charge is 0.352 e. The molecule has 2 aromatic rings. The van der Waals surface area contributed by atoms with E-state index in [1.54, 1.807) is 4.90 Å². The number of hydrogen-bond donors (Lipinski definition) is 1. The summed E-state index contributed by atoms with van der Waals surface area (Å²) in [6, 6.07) is 15.2. The van der Waals surface area contributed by atoms with Crippen molar-refractivity contribution >= 4 is 35.2 Å². The van der Waals surface area contributed by atoms with Crippen molar-refractivity contribution in [2.45, 2.75) is 58.5 Å². The number of carbonyl (C=O) groups excluding carboxylic acids is 2. The number of carbonyl (C=O) groups is 2. The van der Waals surface area contributed by atoms with Crippen LogP contribution in [-0.2, 0) is 21.9 Å². The zero-order valence-electron chi connectivity index (χ0n) is 18.2. The Balaban J connectivity index is 2.15. The van der Waals surface area contributed by atoms with Gasteiger partial charge >= 0.3 is 0 Å². The Kier molecular flexibility index (Phi) is 9.73. The predicted molar refractivity (Wildman–Crippen MR) is 127 cm³/mol. The Morgan fingerprint density at radius 3 is 2.50 bits per heavy atom. The number of nitrogens with one attached hydrogen (secondary N) is 1. The van der Waals surface area contributed by atoms with Crippen LogP contribution in [0.5, 0.6) is 0 Å². The van der Waals surface area contributed by atoms with E-state index >= 15 is 0 Å². The zero-order valence-corrected chi connectivity index (χ0v) is 19.7. The number of nitrogens with zero attached hydrogens (tertiary/aromatic N) is 1. The van der Waals surface area contributed by atoms with Gasteiger partial charge in [0.2, 0.25) is 11.8 Å². The van der Waals surface area contributed by atoms with E-state index in [2.05, 4.69) is 5.32 Å². The molecule has 0 spiro atoms. The summed E-state index contributed by atoms with van der Waals surface area (Å²) in [5, 5.41) is 3.66. The fourth-order valence-corrected chi connectivity index (χ4v) is 4.31. The lowest BCUT2D eigenvalue weighted by molar-refractivity contribution is -0.139. The maximum Gasteiger partial charge on any atom is 0.243 e. The van der Waals surface area contributed by atoms with Gasteiger partial charge in [0.1, 0.15) is 6.04 Å². The van der Waals surface area contributed by atoms with Crippen LogP contribution >= 0.6 is 23.4 Å². The molecule has 0 saturated heterocycles. The summed E-state index contributed by atoms with van der Waals surface area (Å²) in [5.41, 5.74) is 3.25. The molecule has 0 unspecified atom stereocenters. The molecule has 0 fully saturated rings. The summed E-state index contributed by atoms with van der Waals surface area (Å²) in [5.74, 6) is 0.869. The predicted octanol–water partition coefficient (Wildman–Crippen LogP) is 5.21. The number of rotatable bonds is 10. The van der Waals surface area contributed by atoms with E-state index in [0.717, 1.165) is 16.7 Å². The normalized spacial score (nSPS) is 11.9. The molecule has 2 amide bonds. The number of benzene rings is 2. The second-order valence-corrected chi connectivity index (χ2v) is 9.08. The Hall–Kier alpha value is -1.98. The van der Waals surface area contributed by atoms with Gasteiger partial charge in [-0.05, 0) is 56.0 Å². The van der Waals surface area contributed by atoms with Gasteiger partial charge in [0.25, 0.3) is 0 Å². The quantitative estimate of drug-likeness (QED) is 0.544. The monoisotopic (exact) mass is 446 g/mol. The van der Waals surface area contributed by atoms with Crippen LogP contribution in [0.1, 0.15) is 43.9 Å². The lowest BCUT2D eigenvalue weighted by atomic mass is 10.1. The minimum absolute atomic E-state index is 0.0270. The molecule has 2 aromatic carbocycles. The second-order valence-electron chi connectivity index (χ2n) is 7.66. The first-order chi connectivity index (χ1) is 14.3. The minimum atomic E-state index is -0.494. The van der Waals surface area contributed by atoms with Crippen molar-refractivity contribution in [3.05, 3.63) is 70.2 Å². The van der Waals surface area contributed by atoms with Crippen LogP contribution in [0.4, 0.5) is 0 Å². The highest BCUT2D eigenvalue weighted by atomic mass is 35.5. The van der Waals surface area contributed by atoms with Crippen molar-refractivity contribution in [2.75, 3.05) is 5.75 Å². The van der Waals surface area contributed by atoms with Crippen molar-refractivity contribution in [3.8, 4) is 0 Å². The molecule has 162 valence electrons. The maximum absolute atomic E-state index is 13.2. The molecular formula is C24H31ClN2O2S. The molecule has 0 saturated carbocycles. The van der Waals surface area contributed by atoms with Crippen molar-refractivity contribution < 1.29 is 9.59 Å². The molecule has 0 radical (unpaired) electrons. The lowest BCUT2D eigenvalue weighted by Crippen LogP contribution is -2.51. The van der Waals surface area contributed by atoms with Gasteiger partial charge in [-0.3, -0.25) is 9.59 Å². The van der Waals surface area contributed by atoms with Crippen LogP contribution in [0.15, 0.2) is 48.5 Å². The van der Waals surface area contributed by atoms with Gasteiger partial charge in [-0.2, -0.15) is 0 Å². The minimum Gasteiger partial charge on any atom is -0.352 e. The van der Waals surface area contributed by atoms with Gasteiger partial charge in [-0.15, -0.1) is 11.8 Å². The number of amides is 2. The Bertz CT molecular complexity index is 857. The summed E-state index contributed by atoms with van der Waals surface area (Å²) in [6.45, 7) is 8.26. The van der Waals surface area contributed by atoms with Crippen molar-refractivity contribution in [3.63, 3.8) is 0 Å². The van der Waals surface area contributed by atoms with E-state index < -0.39 is 6.04 Å². The SMILES string of the molecule is CC[C@@H](C(=O)NC(C)C)N(Cc1ccccc1C)C(=O)CSCc1cccc(Cl)c1. The number of thioether (sulfide) groups is 1. The molecular weight excluding hydrogens is 416 g/mol. The number of halogens is 1. The average Bonchev–Trinajstić information content (AvgIpc) is 2.68. The summed E-state index contributed by atoms with van der Waals surface area (Å²) in [7, 11) is 0. The van der Waals surface area contributed by atoms with Gasteiger partial charge in [-0.25, -0.2) is 0 Å². The first-order valence-electron chi connectivity index (χ1n) is 10.3. The van der Waals surface area contributed by atoms with Crippen LogP contribution in [0, 0.1) is 6.92 Å². The van der Waals surface area contributed by atoms with Crippen LogP contribution in [-0.4, -0.2) is 34.6 Å². The summed E-state index contributed by atoms with van der Waals surface area (Å²) < 4.78 is 0. The van der Waals surface area contributed by atoms with E-state index in [4.69, 9.17) is 11.6 Å². The molecule has 2 rings (SSSR count). The third-order valence-corrected chi connectivity index (χ3v) is 6.03. The van der Waals surface area contributed by atoms with Crippen molar-refractivity contribution in [1.29, 1.82) is 0 Å². The van der Waals surface area contributed by atoms with Gasteiger partial charge in [0.15, 0.2) is 0 Å². The fourth-order valence-electron chi connectivity index (χ4n) is 3.24. The first-order valence-corrected chi connectivity index (χ1v) is 11.8. The van der Waals surface area contributed by atoms with Crippen LogP contribution < -0.4 is 5.32 Å². The van der Waals surface area contributed by atoms with Crippen LogP contribution in [0.3, 0.4) is 0 Å². The molecule has 0 aliphatic heterocycles. The highest BCUT2D eigenvalue weighted by molar-refractivity contribution is 7.99. The van der Waals surface area contributed by atoms with E-state index in [-0.39, 0.29) is 17.9 Å². The third-order valence-electron chi connectivity index (χ3n) is 4.80. The zero-order chi connectivity index (χ0) is 22.1. The summed E-state index contributed by atoms with van der Waals surface area (Å²) >= 11 is 7.59. The standard InChI is InChI=1S/C24H31ClN2O2S/c1-5-22(24(29)26-17(2)3)27(14-20-11-7-6-9-18(20)4)23(28)16-30-15-19-10-8-12-21(25)13-19/h6-13,17,22H,5,14-16H2,1-4H3,(H,26,29)/t22-/m0/s1. The molecule has 30 heavy (non-hydrogen) atoms. The third kappa shape index (κ3) is 7.37. The van der Waals surface area contributed by atoms with Gasteiger partial charge in [0, 0.05) is 23.4 Å². The number of hydrogen-bond acceptors (Lipinski definition) is 3. The molecule has 6 heteroatoms. The smallest absolute Gasteiger partial charge is 0.243 e. The molecule has 0 aliphatic carbocycles. The lowest BCUT2D eigenvalue weighted by Gasteiger charge is -2.31. The van der Waals surface area contributed by atoms with Gasteiger partial charge in [0.05, 0.1) is 5.75 Å². The molecule has 0 aromatic heterocycles. The van der Waals surface area contributed by atoms with Gasteiger partial charge < -0.3 is 10.2 Å². The molecule has 1 N–H and O–H groups in total. The maximum atomic E-state index is 13.2. The Morgan fingerprint density at radius 2 is 1.87 bits per heavy atom. The molecule has 4 nitrogen and oxygen atoms in total. The highest BCUT2D eigenvalue weighted by Crippen LogP contribution is 2.20. The van der Waals surface area contributed by atoms with Crippen molar-refractivity contribution in [1.82, 2.24) is 10.2 Å². The van der Waals surface area contributed by atoms with E-state index in [9.17, 15) is 9.59 Å². The Labute approximate surface area is 189 Å². The second kappa shape index (κ2) is 12.0. The average molecular weight is 447 g/mol. The topological polar surface area (TPSA) is 49.4 Å². The Morgan fingerprint density at radius 1 is 1.13 bits per heavy atom. The highest BCUT2D eigenvalue weighted by Gasteiger charge is 2.29. The first kappa shape index (κ1) is 24.3. The molecule has 0 heterocycles.